The van der Waals surface area contributed by atoms with Crippen molar-refractivity contribution in [2.24, 2.45) is 0 Å². The van der Waals surface area contributed by atoms with Crippen molar-refractivity contribution in [1.29, 1.82) is 0 Å². The Morgan fingerprint density at radius 3 is 0.929 bits per heavy atom. The molecule has 2 heterocycles. The fourth-order valence-corrected chi connectivity index (χ4v) is 15.1. The van der Waals surface area contributed by atoms with Crippen molar-refractivity contribution < 1.29 is 107 Å². The Balaban J connectivity index is 0. The van der Waals surface area contributed by atoms with Crippen LogP contribution in [0.5, 0.6) is 11.5 Å². The number of ether oxygens (including phenoxy) is 2. The summed E-state index contributed by atoms with van der Waals surface area (Å²) < 4.78 is 40.7. The van der Waals surface area contributed by atoms with Crippen LogP contribution in [0.2, 0.25) is 39.3 Å². The van der Waals surface area contributed by atoms with Crippen molar-refractivity contribution in [3.05, 3.63) is 133 Å². The molecule has 1 radical (unpaired) electrons. The molecule has 70 heavy (non-hydrogen) atoms. The first kappa shape index (κ1) is 70.9. The van der Waals surface area contributed by atoms with Gasteiger partial charge < -0.3 is 35.0 Å². The summed E-state index contributed by atoms with van der Waals surface area (Å²) >= 11 is 0. The van der Waals surface area contributed by atoms with Crippen LogP contribution in [0.25, 0.3) is 15.3 Å². The zero-order valence-corrected chi connectivity index (χ0v) is 52.4. The maximum absolute atomic E-state index is 13.0. The summed E-state index contributed by atoms with van der Waals surface area (Å²) in [6.07, 6.45) is 5.11. The SMILES string of the molecule is C1CCOC1.C1CCOC1.CC(C)(C)c1cc(C[N-]c2ccc(F)cc2)c([O-])c(C(C)(C)C)c1.CC(C)(C)c1cc(C[N-]c2ccc(F)cc2)c([O-])c(C(C)(C)C)c1.C[Si](C)(C)[N-][Si](C)(C)C.[Li+].[Li+].[Nd+3]. The first-order valence-electron chi connectivity index (χ1n) is 24.1. The number of hydrogen-bond donors (Lipinski definition) is 0. The van der Waals surface area contributed by atoms with Gasteiger partial charge in [0.05, 0.1) is 0 Å². The molecule has 2 aliphatic rings. The molecule has 4 aromatic rings. The molecule has 6 rings (SSSR count). The Morgan fingerprint density at radius 1 is 0.471 bits per heavy atom. The number of benzene rings is 4. The van der Waals surface area contributed by atoms with Crippen molar-refractivity contribution >= 4 is 27.8 Å². The van der Waals surface area contributed by atoms with E-state index >= 15 is 0 Å². The second-order valence-corrected chi connectivity index (χ2v) is 33.3. The molecular weight excluding hydrogens is 1030 g/mol. The first-order chi connectivity index (χ1) is 30.7. The second kappa shape index (κ2) is 31.6. The van der Waals surface area contributed by atoms with E-state index in [1.165, 1.54) is 49.9 Å². The predicted molar refractivity (Wildman–Crippen MR) is 283 cm³/mol. The summed E-state index contributed by atoms with van der Waals surface area (Å²) in [5.74, 6) is -0.464. The number of halogens is 2. The van der Waals surface area contributed by atoms with Crippen LogP contribution >= 0.6 is 0 Å². The van der Waals surface area contributed by atoms with Crippen molar-refractivity contribution in [2.75, 3.05) is 26.4 Å². The molecule has 4 aromatic carbocycles. The predicted octanol–water partition coefficient (Wildman–Crippen LogP) is 10.0. The summed E-state index contributed by atoms with van der Waals surface area (Å²) in [6.45, 7) is 43.5. The average molecular weight is 1120 g/mol. The molecular formula is C56H86F2Li2N3NdO4Si2. The zero-order chi connectivity index (χ0) is 51.0. The molecule has 0 N–H and O–H groups in total. The van der Waals surface area contributed by atoms with Crippen molar-refractivity contribution in [3.63, 3.8) is 0 Å². The van der Waals surface area contributed by atoms with Crippen LogP contribution in [0.15, 0.2) is 72.8 Å². The van der Waals surface area contributed by atoms with Crippen LogP contribution in [0.3, 0.4) is 0 Å². The molecule has 2 saturated heterocycles. The van der Waals surface area contributed by atoms with E-state index in [1.54, 1.807) is 24.3 Å². The minimum atomic E-state index is -1.11. The normalized spacial score (nSPS) is 13.7. The van der Waals surface area contributed by atoms with Crippen LogP contribution in [-0.2, 0) is 44.2 Å². The third kappa shape index (κ3) is 28.5. The van der Waals surface area contributed by atoms with Crippen molar-refractivity contribution in [1.82, 2.24) is 0 Å². The number of hydrogen-bond acceptors (Lipinski definition) is 4. The van der Waals surface area contributed by atoms with Gasteiger partial charge in [-0.3, -0.25) is 0 Å². The van der Waals surface area contributed by atoms with Crippen molar-refractivity contribution in [3.8, 4) is 11.5 Å². The van der Waals surface area contributed by atoms with Gasteiger partial charge in [-0.25, -0.2) is 8.78 Å². The van der Waals surface area contributed by atoms with Gasteiger partial charge in [-0.05, 0) is 82.7 Å². The van der Waals surface area contributed by atoms with E-state index in [0.29, 0.717) is 35.6 Å². The molecule has 0 bridgehead atoms. The Morgan fingerprint density at radius 2 is 0.743 bits per heavy atom. The summed E-state index contributed by atoms with van der Waals surface area (Å²) in [5.41, 5.74) is 6.12. The number of rotatable bonds is 8. The van der Waals surface area contributed by atoms with Gasteiger partial charge in [0, 0.05) is 26.4 Å². The van der Waals surface area contributed by atoms with Gasteiger partial charge in [0.15, 0.2) is 0 Å². The monoisotopic (exact) mass is 1110 g/mol. The molecule has 2 fully saturated rings. The van der Waals surface area contributed by atoms with Gasteiger partial charge in [-0.15, -0.1) is 36.0 Å². The quantitative estimate of drug-likeness (QED) is 0.164. The van der Waals surface area contributed by atoms with Crippen LogP contribution in [0.4, 0.5) is 20.2 Å². The third-order valence-corrected chi connectivity index (χ3v) is 15.9. The first-order valence-corrected chi connectivity index (χ1v) is 31.0. The van der Waals surface area contributed by atoms with Crippen LogP contribution in [-0.4, -0.2) is 42.9 Å². The molecule has 0 aliphatic carbocycles. The standard InChI is InChI=1S/2C21H27FNO.C6H18NSi2.2C4H8O.2Li.Nd/c2*1-20(2,3)15-11-14(19(24)18(12-15)21(4,5)6)13-23-17-9-7-16(22)8-10-17;1-8(2,3)7-9(4,5)6;2*1-2-4-5-3-1;;;/h2*7-12,24H,13H2,1-6H3;1-6H3;2*1-4H2;;;/q3*-1;;;2*+1;+3/p-2. The Hall–Kier alpha value is -1.20. The molecule has 0 unspecified atom stereocenters. The van der Waals surface area contributed by atoms with Gasteiger partial charge in [-0.1, -0.05) is 210 Å². The molecule has 0 spiro atoms. The van der Waals surface area contributed by atoms with Crippen LogP contribution in [0.1, 0.15) is 142 Å². The molecule has 0 atom stereocenters. The minimum Gasteiger partial charge on any atom is -0.872 e. The average Bonchev–Trinajstić information content (AvgIpc) is 3.97. The van der Waals surface area contributed by atoms with E-state index in [2.05, 4.69) is 133 Å². The summed E-state index contributed by atoms with van der Waals surface area (Å²) in [7, 11) is -2.21. The maximum atomic E-state index is 13.0. The number of nitrogens with zero attached hydrogens (tertiary/aromatic N) is 3. The van der Waals surface area contributed by atoms with E-state index in [-0.39, 0.29) is 123 Å². The molecule has 2 aliphatic heterocycles. The largest absolute Gasteiger partial charge is 3.00 e. The molecule has 377 valence electrons. The Labute approximate surface area is 484 Å². The Bertz CT molecular complexity index is 1920. The zero-order valence-electron chi connectivity index (χ0n) is 47.2. The molecule has 0 saturated carbocycles. The van der Waals surface area contributed by atoms with E-state index in [9.17, 15) is 19.0 Å². The maximum Gasteiger partial charge on any atom is 3.00 e. The molecule has 7 nitrogen and oxygen atoms in total. The minimum absolute atomic E-state index is 0. The third-order valence-electron chi connectivity index (χ3n) is 10.5. The van der Waals surface area contributed by atoms with Crippen LogP contribution in [0, 0.1) is 52.5 Å². The van der Waals surface area contributed by atoms with Crippen molar-refractivity contribution in [2.45, 2.75) is 183 Å². The van der Waals surface area contributed by atoms with Gasteiger partial charge in [-0.2, -0.15) is 0 Å². The van der Waals surface area contributed by atoms with Crippen LogP contribution < -0.4 is 47.9 Å². The van der Waals surface area contributed by atoms with Gasteiger partial charge in [0.1, 0.15) is 11.6 Å². The van der Waals surface area contributed by atoms with Gasteiger partial charge >= 0.3 is 78.6 Å². The van der Waals surface area contributed by atoms with E-state index in [4.69, 9.17) is 14.1 Å². The summed E-state index contributed by atoms with van der Waals surface area (Å²) in [5, 5.41) is 34.6. The van der Waals surface area contributed by atoms with Gasteiger partial charge in [0.2, 0.25) is 0 Å². The van der Waals surface area contributed by atoms with E-state index in [1.807, 2.05) is 24.3 Å². The van der Waals surface area contributed by atoms with E-state index < -0.39 is 16.5 Å². The molecule has 0 aromatic heterocycles. The fourth-order valence-electron chi connectivity index (χ4n) is 7.07. The Kier molecular flexibility index (Phi) is 32.0. The smallest absolute Gasteiger partial charge is 0.872 e. The molecule has 0 amide bonds. The topological polar surface area (TPSA) is 107 Å². The van der Waals surface area contributed by atoms with E-state index in [0.717, 1.165) is 48.7 Å². The second-order valence-electron chi connectivity index (χ2n) is 23.7. The summed E-state index contributed by atoms with van der Waals surface area (Å²) in [4.78, 5) is 0. The van der Waals surface area contributed by atoms with Gasteiger partial charge in [0.25, 0.3) is 0 Å². The fraction of sp³-hybridized carbons (Fsp3) is 0.571. The summed E-state index contributed by atoms with van der Waals surface area (Å²) in [6, 6.07) is 20.0. The molecule has 14 heteroatoms.